The van der Waals surface area contributed by atoms with E-state index < -0.39 is 0 Å². The fraction of sp³-hybridized carbons (Fsp3) is 0.333. The van der Waals surface area contributed by atoms with Crippen molar-refractivity contribution in [3.63, 3.8) is 0 Å². The highest BCUT2D eigenvalue weighted by molar-refractivity contribution is 5.62. The number of hydrogen-bond acceptors (Lipinski definition) is 1. The van der Waals surface area contributed by atoms with Crippen LogP contribution < -0.4 is 0 Å². The summed E-state index contributed by atoms with van der Waals surface area (Å²) >= 11 is 0. The molecule has 1 aromatic rings. The van der Waals surface area contributed by atoms with Gasteiger partial charge < -0.3 is 4.74 Å². The minimum Gasteiger partial charge on any atom is -0.493 e. The van der Waals surface area contributed by atoms with Crippen LogP contribution in [0.25, 0.3) is 5.76 Å². The number of hydrogen-bond donors (Lipinski definition) is 0. The van der Waals surface area contributed by atoms with Gasteiger partial charge in [0.1, 0.15) is 5.76 Å². The summed E-state index contributed by atoms with van der Waals surface area (Å²) in [4.78, 5) is 0. The first-order valence-electron chi connectivity index (χ1n) is 4.61. The molecule has 0 aromatic heterocycles. The Balaban J connectivity index is 2.97. The number of allylic oxidation sites excluding steroid dienone is 1. The second kappa shape index (κ2) is 4.70. The minimum atomic E-state index is 0.718. The molecule has 0 fully saturated rings. The Morgan fingerprint density at radius 3 is 2.23 bits per heavy atom. The van der Waals surface area contributed by atoms with Crippen LogP contribution in [0.4, 0.5) is 0 Å². The predicted octanol–water partition coefficient (Wildman–Crippen LogP) is 3.47. The zero-order valence-electron chi connectivity index (χ0n) is 8.50. The Morgan fingerprint density at radius 1 is 1.15 bits per heavy atom. The highest BCUT2D eigenvalue weighted by Gasteiger charge is 2.02. The lowest BCUT2D eigenvalue weighted by Crippen LogP contribution is -1.93. The number of benzene rings is 1. The topological polar surface area (TPSA) is 9.23 Å². The summed E-state index contributed by atoms with van der Waals surface area (Å²) in [7, 11) is 0. The summed E-state index contributed by atoms with van der Waals surface area (Å²) in [5, 5.41) is 0. The zero-order chi connectivity index (χ0) is 9.68. The van der Waals surface area contributed by atoms with E-state index in [-0.39, 0.29) is 0 Å². The largest absolute Gasteiger partial charge is 0.493 e. The van der Waals surface area contributed by atoms with E-state index in [1.54, 1.807) is 0 Å². The van der Waals surface area contributed by atoms with Gasteiger partial charge >= 0.3 is 0 Å². The number of ether oxygens (including phenoxy) is 1. The van der Waals surface area contributed by atoms with E-state index in [4.69, 9.17) is 4.74 Å². The zero-order valence-corrected chi connectivity index (χ0v) is 8.50. The fourth-order valence-corrected chi connectivity index (χ4v) is 1.25. The highest BCUT2D eigenvalue weighted by atomic mass is 16.5. The smallest absolute Gasteiger partial charge is 0.125 e. The van der Waals surface area contributed by atoms with Crippen LogP contribution in [0, 0.1) is 0 Å². The van der Waals surface area contributed by atoms with Crippen LogP contribution in [0.5, 0.6) is 0 Å². The standard InChI is InChI=1S/C12H16O/c1-4-13-12(10(2)3)11-8-6-5-7-9-11/h5-9H,4H2,1-3H3. The molecule has 0 aliphatic heterocycles. The van der Waals surface area contributed by atoms with Crippen LogP contribution in [-0.2, 0) is 4.74 Å². The second-order valence-corrected chi connectivity index (χ2v) is 3.13. The molecule has 13 heavy (non-hydrogen) atoms. The molecule has 0 aliphatic carbocycles. The van der Waals surface area contributed by atoms with Gasteiger partial charge in [0, 0.05) is 5.56 Å². The van der Waals surface area contributed by atoms with Crippen LogP contribution in [0.15, 0.2) is 35.9 Å². The maximum atomic E-state index is 5.57. The Morgan fingerprint density at radius 2 is 1.77 bits per heavy atom. The van der Waals surface area contributed by atoms with Crippen molar-refractivity contribution >= 4 is 5.76 Å². The summed E-state index contributed by atoms with van der Waals surface area (Å²) in [5.41, 5.74) is 2.37. The number of rotatable bonds is 3. The van der Waals surface area contributed by atoms with Crippen molar-refractivity contribution in [2.45, 2.75) is 20.8 Å². The lowest BCUT2D eigenvalue weighted by Gasteiger charge is -2.10. The molecule has 1 aromatic carbocycles. The molecular formula is C12H16O. The first-order chi connectivity index (χ1) is 6.25. The molecule has 0 saturated carbocycles. The van der Waals surface area contributed by atoms with E-state index in [0.29, 0.717) is 0 Å². The third kappa shape index (κ3) is 2.62. The van der Waals surface area contributed by atoms with Crippen LogP contribution in [-0.4, -0.2) is 6.61 Å². The van der Waals surface area contributed by atoms with E-state index in [2.05, 4.69) is 26.0 Å². The van der Waals surface area contributed by atoms with Gasteiger partial charge in [-0.3, -0.25) is 0 Å². The third-order valence-corrected chi connectivity index (χ3v) is 1.78. The van der Waals surface area contributed by atoms with Crippen molar-refractivity contribution in [1.82, 2.24) is 0 Å². The molecular weight excluding hydrogens is 160 g/mol. The average molecular weight is 176 g/mol. The van der Waals surface area contributed by atoms with E-state index in [1.165, 1.54) is 5.57 Å². The van der Waals surface area contributed by atoms with Gasteiger partial charge in [-0.1, -0.05) is 30.3 Å². The normalized spacial score (nSPS) is 9.46. The monoisotopic (exact) mass is 176 g/mol. The van der Waals surface area contributed by atoms with Crippen LogP contribution in [0.2, 0.25) is 0 Å². The molecule has 0 N–H and O–H groups in total. The second-order valence-electron chi connectivity index (χ2n) is 3.13. The van der Waals surface area contributed by atoms with Gasteiger partial charge in [0.05, 0.1) is 6.61 Å². The van der Waals surface area contributed by atoms with Gasteiger partial charge in [-0.15, -0.1) is 0 Å². The summed E-state index contributed by atoms with van der Waals surface area (Å²) in [6.07, 6.45) is 0. The van der Waals surface area contributed by atoms with Crippen molar-refractivity contribution in [2.75, 3.05) is 6.61 Å². The van der Waals surface area contributed by atoms with Gasteiger partial charge in [-0.05, 0) is 26.3 Å². The molecule has 0 atom stereocenters. The average Bonchev–Trinajstić information content (AvgIpc) is 2.15. The molecule has 0 amide bonds. The highest BCUT2D eigenvalue weighted by Crippen LogP contribution is 2.19. The molecule has 0 aliphatic rings. The first kappa shape index (κ1) is 9.85. The molecule has 0 saturated heterocycles. The quantitative estimate of drug-likeness (QED) is 0.641. The van der Waals surface area contributed by atoms with Gasteiger partial charge in [0.2, 0.25) is 0 Å². The lowest BCUT2D eigenvalue weighted by atomic mass is 10.1. The predicted molar refractivity (Wildman–Crippen MR) is 56.3 cm³/mol. The van der Waals surface area contributed by atoms with Crippen LogP contribution >= 0.6 is 0 Å². The fourth-order valence-electron chi connectivity index (χ4n) is 1.25. The van der Waals surface area contributed by atoms with E-state index >= 15 is 0 Å². The molecule has 0 spiro atoms. The van der Waals surface area contributed by atoms with Crippen LogP contribution in [0.3, 0.4) is 0 Å². The minimum absolute atomic E-state index is 0.718. The molecule has 0 bridgehead atoms. The van der Waals surface area contributed by atoms with Gasteiger partial charge in [-0.25, -0.2) is 0 Å². The molecule has 0 unspecified atom stereocenters. The van der Waals surface area contributed by atoms with Gasteiger partial charge in [-0.2, -0.15) is 0 Å². The summed E-state index contributed by atoms with van der Waals surface area (Å²) in [6, 6.07) is 10.2. The molecule has 1 nitrogen and oxygen atoms in total. The summed E-state index contributed by atoms with van der Waals surface area (Å²) in [5.74, 6) is 1.00. The van der Waals surface area contributed by atoms with E-state index in [0.717, 1.165) is 17.9 Å². The third-order valence-electron chi connectivity index (χ3n) is 1.78. The van der Waals surface area contributed by atoms with Crippen LogP contribution in [0.1, 0.15) is 26.3 Å². The molecule has 0 heterocycles. The van der Waals surface area contributed by atoms with E-state index in [9.17, 15) is 0 Å². The summed E-state index contributed by atoms with van der Waals surface area (Å²) in [6.45, 7) is 6.86. The van der Waals surface area contributed by atoms with Gasteiger partial charge in [0.15, 0.2) is 0 Å². The van der Waals surface area contributed by atoms with Crippen molar-refractivity contribution in [3.05, 3.63) is 41.5 Å². The van der Waals surface area contributed by atoms with Crippen molar-refractivity contribution in [1.29, 1.82) is 0 Å². The molecule has 1 heteroatoms. The van der Waals surface area contributed by atoms with Crippen molar-refractivity contribution in [3.8, 4) is 0 Å². The SMILES string of the molecule is CCOC(=C(C)C)c1ccccc1. The summed E-state index contributed by atoms with van der Waals surface area (Å²) < 4.78 is 5.57. The van der Waals surface area contributed by atoms with E-state index in [1.807, 2.05) is 25.1 Å². The Labute approximate surface area is 80.0 Å². The Bertz CT molecular complexity index is 281. The van der Waals surface area contributed by atoms with Crippen molar-refractivity contribution in [2.24, 2.45) is 0 Å². The Kier molecular flexibility index (Phi) is 3.56. The van der Waals surface area contributed by atoms with Gasteiger partial charge in [0.25, 0.3) is 0 Å². The first-order valence-corrected chi connectivity index (χ1v) is 4.61. The maximum Gasteiger partial charge on any atom is 0.125 e. The van der Waals surface area contributed by atoms with Crippen molar-refractivity contribution < 1.29 is 4.74 Å². The molecule has 0 radical (unpaired) electrons. The maximum absolute atomic E-state index is 5.57. The molecule has 70 valence electrons. The lowest BCUT2D eigenvalue weighted by molar-refractivity contribution is 0.295. The molecule has 1 rings (SSSR count). The Hall–Kier alpha value is -1.24.